The predicted octanol–water partition coefficient (Wildman–Crippen LogP) is 1.34. The molecule has 0 aromatic carbocycles. The highest BCUT2D eigenvalue weighted by atomic mass is 15.4. The van der Waals surface area contributed by atoms with Crippen LogP contribution in [0.15, 0.2) is 0 Å². The first-order valence-electron chi connectivity index (χ1n) is 5.07. The quantitative estimate of drug-likeness (QED) is 0.747. The Kier molecular flexibility index (Phi) is 3.73. The van der Waals surface area contributed by atoms with Crippen LogP contribution in [0.2, 0.25) is 0 Å². The average Bonchev–Trinajstić information content (AvgIpc) is 2.43. The summed E-state index contributed by atoms with van der Waals surface area (Å²) < 4.78 is 1.74. The van der Waals surface area contributed by atoms with Crippen LogP contribution in [-0.2, 0) is 6.54 Å². The number of hydrogen-bond donors (Lipinski definition) is 2. The predicted molar refractivity (Wildman–Crippen MR) is 58.1 cm³/mol. The number of anilines is 2. The van der Waals surface area contributed by atoms with Crippen LogP contribution in [0.5, 0.6) is 0 Å². The molecule has 1 aromatic heterocycles. The molecule has 0 aliphatic heterocycles. The van der Waals surface area contributed by atoms with Crippen LogP contribution in [0.4, 0.5) is 11.9 Å². The Morgan fingerprint density at radius 1 is 1.50 bits per heavy atom. The third-order valence-corrected chi connectivity index (χ3v) is 1.77. The Labute approximate surface area is 84.7 Å². The lowest BCUT2D eigenvalue weighted by atomic mass is 10.2. The molecule has 14 heavy (non-hydrogen) atoms. The molecule has 0 amide bonds. The Morgan fingerprint density at radius 3 is 2.79 bits per heavy atom. The largest absolute Gasteiger partial charge is 0.368 e. The summed E-state index contributed by atoms with van der Waals surface area (Å²) in [6.07, 6.45) is 1.05. The van der Waals surface area contributed by atoms with Crippen molar-refractivity contribution in [2.75, 3.05) is 17.6 Å². The molecule has 0 aliphatic carbocycles. The summed E-state index contributed by atoms with van der Waals surface area (Å²) in [7, 11) is 0. The minimum atomic E-state index is 0.484. The topological polar surface area (TPSA) is 68.8 Å². The molecule has 0 aliphatic rings. The molecule has 0 radical (unpaired) electrons. The number of nitrogen functional groups attached to an aromatic ring is 1. The maximum absolute atomic E-state index is 5.71. The SMILES string of the molecule is CCCNc1nc(N)n(CC(C)C)n1. The zero-order valence-corrected chi connectivity index (χ0v) is 9.12. The Bertz CT molecular complexity index is 279. The second-order valence-electron chi connectivity index (χ2n) is 3.80. The molecule has 0 unspecified atom stereocenters. The van der Waals surface area contributed by atoms with Gasteiger partial charge in [0.15, 0.2) is 0 Å². The van der Waals surface area contributed by atoms with Crippen molar-refractivity contribution in [2.45, 2.75) is 33.7 Å². The van der Waals surface area contributed by atoms with Crippen LogP contribution in [0.3, 0.4) is 0 Å². The van der Waals surface area contributed by atoms with Crippen LogP contribution in [0.25, 0.3) is 0 Å². The molecule has 0 atom stereocenters. The van der Waals surface area contributed by atoms with Gasteiger partial charge < -0.3 is 11.1 Å². The van der Waals surface area contributed by atoms with Gasteiger partial charge >= 0.3 is 0 Å². The second kappa shape index (κ2) is 4.83. The van der Waals surface area contributed by atoms with E-state index in [1.165, 1.54) is 0 Å². The molecule has 1 rings (SSSR count). The number of aromatic nitrogens is 3. The van der Waals surface area contributed by atoms with Crippen molar-refractivity contribution in [3.8, 4) is 0 Å². The fraction of sp³-hybridized carbons (Fsp3) is 0.778. The van der Waals surface area contributed by atoms with Gasteiger partial charge in [0, 0.05) is 13.1 Å². The van der Waals surface area contributed by atoms with Crippen molar-refractivity contribution in [1.82, 2.24) is 14.8 Å². The smallest absolute Gasteiger partial charge is 0.243 e. The second-order valence-corrected chi connectivity index (χ2v) is 3.80. The highest BCUT2D eigenvalue weighted by Crippen LogP contribution is 2.07. The molecule has 3 N–H and O–H groups in total. The summed E-state index contributed by atoms with van der Waals surface area (Å²) in [5.74, 6) is 1.64. The number of hydrogen-bond acceptors (Lipinski definition) is 4. The number of nitrogens with one attached hydrogen (secondary N) is 1. The molecule has 0 saturated heterocycles. The third kappa shape index (κ3) is 2.90. The molecule has 5 heteroatoms. The van der Waals surface area contributed by atoms with Crippen LogP contribution in [0.1, 0.15) is 27.2 Å². The molecular formula is C9H19N5. The maximum atomic E-state index is 5.71. The van der Waals surface area contributed by atoms with Gasteiger partial charge in [0.25, 0.3) is 0 Å². The van der Waals surface area contributed by atoms with Gasteiger partial charge in [0.1, 0.15) is 0 Å². The van der Waals surface area contributed by atoms with Gasteiger partial charge in [-0.15, -0.1) is 5.10 Å². The summed E-state index contributed by atoms with van der Waals surface area (Å²) >= 11 is 0. The lowest BCUT2D eigenvalue weighted by Gasteiger charge is -2.04. The van der Waals surface area contributed by atoms with E-state index in [1.54, 1.807) is 4.68 Å². The number of nitrogens with two attached hydrogens (primary N) is 1. The standard InChI is InChI=1S/C9H19N5/c1-4-5-11-9-12-8(10)14(13-9)6-7(2)3/h7H,4-6H2,1-3H3,(H3,10,11,12,13). The van der Waals surface area contributed by atoms with E-state index in [9.17, 15) is 0 Å². The van der Waals surface area contributed by atoms with Gasteiger partial charge in [0.2, 0.25) is 11.9 Å². The van der Waals surface area contributed by atoms with Crippen molar-refractivity contribution in [3.05, 3.63) is 0 Å². The molecule has 0 bridgehead atoms. The fourth-order valence-corrected chi connectivity index (χ4v) is 1.15. The van der Waals surface area contributed by atoms with E-state index < -0.39 is 0 Å². The minimum Gasteiger partial charge on any atom is -0.368 e. The summed E-state index contributed by atoms with van der Waals surface area (Å²) in [4.78, 5) is 4.12. The van der Waals surface area contributed by atoms with Crippen molar-refractivity contribution in [2.24, 2.45) is 5.92 Å². The van der Waals surface area contributed by atoms with Gasteiger partial charge in [0.05, 0.1) is 0 Å². The van der Waals surface area contributed by atoms with Gasteiger partial charge in [-0.05, 0) is 12.3 Å². The first-order chi connectivity index (χ1) is 6.63. The maximum Gasteiger partial charge on any atom is 0.243 e. The van der Waals surface area contributed by atoms with E-state index in [4.69, 9.17) is 5.73 Å². The molecule has 5 nitrogen and oxygen atoms in total. The third-order valence-electron chi connectivity index (χ3n) is 1.77. The summed E-state index contributed by atoms with van der Waals surface area (Å²) in [6.45, 7) is 8.04. The lowest BCUT2D eigenvalue weighted by molar-refractivity contribution is 0.488. The van der Waals surface area contributed by atoms with E-state index in [0.29, 0.717) is 17.8 Å². The molecule has 0 saturated carbocycles. The average molecular weight is 197 g/mol. The Morgan fingerprint density at radius 2 is 2.21 bits per heavy atom. The normalized spacial score (nSPS) is 10.9. The highest BCUT2D eigenvalue weighted by molar-refractivity contribution is 5.31. The van der Waals surface area contributed by atoms with Gasteiger partial charge in [-0.3, -0.25) is 0 Å². The van der Waals surface area contributed by atoms with E-state index in [2.05, 4.69) is 36.2 Å². The summed E-state index contributed by atoms with van der Waals surface area (Å²) in [5, 5.41) is 7.36. The summed E-state index contributed by atoms with van der Waals surface area (Å²) in [5.41, 5.74) is 5.71. The van der Waals surface area contributed by atoms with E-state index in [0.717, 1.165) is 19.5 Å². The van der Waals surface area contributed by atoms with Gasteiger partial charge in [-0.25, -0.2) is 4.68 Å². The van der Waals surface area contributed by atoms with Crippen LogP contribution in [0, 0.1) is 5.92 Å². The van der Waals surface area contributed by atoms with E-state index >= 15 is 0 Å². The van der Waals surface area contributed by atoms with Crippen molar-refractivity contribution >= 4 is 11.9 Å². The lowest BCUT2D eigenvalue weighted by Crippen LogP contribution is -2.09. The van der Waals surface area contributed by atoms with Crippen LogP contribution >= 0.6 is 0 Å². The van der Waals surface area contributed by atoms with E-state index in [1.807, 2.05) is 0 Å². The van der Waals surface area contributed by atoms with Crippen LogP contribution < -0.4 is 11.1 Å². The van der Waals surface area contributed by atoms with Crippen LogP contribution in [-0.4, -0.2) is 21.3 Å². The zero-order chi connectivity index (χ0) is 10.6. The number of rotatable bonds is 5. The molecule has 0 spiro atoms. The number of nitrogens with zero attached hydrogens (tertiary/aromatic N) is 3. The van der Waals surface area contributed by atoms with Crippen molar-refractivity contribution < 1.29 is 0 Å². The highest BCUT2D eigenvalue weighted by Gasteiger charge is 2.06. The van der Waals surface area contributed by atoms with Gasteiger partial charge in [-0.2, -0.15) is 4.98 Å². The minimum absolute atomic E-state index is 0.484. The van der Waals surface area contributed by atoms with Crippen molar-refractivity contribution in [3.63, 3.8) is 0 Å². The molecule has 1 aromatic rings. The molecule has 0 fully saturated rings. The fourth-order valence-electron chi connectivity index (χ4n) is 1.15. The first-order valence-corrected chi connectivity index (χ1v) is 5.07. The van der Waals surface area contributed by atoms with E-state index in [-0.39, 0.29) is 0 Å². The first kappa shape index (κ1) is 10.8. The Balaban J connectivity index is 2.62. The molecular weight excluding hydrogens is 178 g/mol. The molecule has 80 valence electrons. The summed E-state index contributed by atoms with van der Waals surface area (Å²) in [6, 6.07) is 0. The Hall–Kier alpha value is -1.26. The van der Waals surface area contributed by atoms with Gasteiger partial charge in [-0.1, -0.05) is 20.8 Å². The monoisotopic (exact) mass is 197 g/mol. The van der Waals surface area contributed by atoms with Crippen molar-refractivity contribution in [1.29, 1.82) is 0 Å². The molecule has 1 heterocycles. The zero-order valence-electron chi connectivity index (χ0n) is 9.12.